The van der Waals surface area contributed by atoms with Gasteiger partial charge >= 0.3 is 0 Å². The summed E-state index contributed by atoms with van der Waals surface area (Å²) in [5.74, 6) is 0. The number of rotatable bonds is 9. The van der Waals surface area contributed by atoms with Crippen LogP contribution in [0.3, 0.4) is 0 Å². The normalized spacial score (nSPS) is 10.1. The molecule has 0 fully saturated rings. The van der Waals surface area contributed by atoms with Crippen molar-refractivity contribution in [3.05, 3.63) is 0 Å². The molecular formula is C12H28O3S. The average molecular weight is 252 g/mol. The molecule has 0 aromatic carbocycles. The molecule has 0 rings (SSSR count). The third kappa shape index (κ3) is 29.2. The van der Waals surface area contributed by atoms with Crippen molar-refractivity contribution >= 4 is 11.4 Å². The number of unbranched alkanes of at least 4 members (excludes halogenated alkanes) is 9. The molecule has 0 aliphatic carbocycles. The molecule has 0 aromatic rings. The molecule has 0 amide bonds. The molecule has 0 heterocycles. The second-order valence-corrected chi connectivity index (χ2v) is 4.52. The SMILES string of the molecule is CCCCCCCCCCCC.O=S(O)O. The van der Waals surface area contributed by atoms with Gasteiger partial charge in [0, 0.05) is 0 Å². The van der Waals surface area contributed by atoms with Crippen molar-refractivity contribution in [1.29, 1.82) is 0 Å². The maximum Gasteiger partial charge on any atom is 0.299 e. The van der Waals surface area contributed by atoms with Crippen molar-refractivity contribution in [2.75, 3.05) is 0 Å². The topological polar surface area (TPSA) is 57.5 Å². The molecule has 0 aliphatic rings. The van der Waals surface area contributed by atoms with Crippen molar-refractivity contribution in [3.63, 3.8) is 0 Å². The van der Waals surface area contributed by atoms with Crippen LogP contribution in [-0.4, -0.2) is 13.3 Å². The Morgan fingerprint density at radius 3 is 1.06 bits per heavy atom. The van der Waals surface area contributed by atoms with E-state index in [2.05, 4.69) is 13.8 Å². The maximum atomic E-state index is 8.67. The van der Waals surface area contributed by atoms with Crippen LogP contribution in [-0.2, 0) is 11.4 Å². The van der Waals surface area contributed by atoms with Crippen LogP contribution >= 0.6 is 0 Å². The Morgan fingerprint density at radius 1 is 0.688 bits per heavy atom. The van der Waals surface area contributed by atoms with Crippen molar-refractivity contribution in [2.24, 2.45) is 0 Å². The van der Waals surface area contributed by atoms with E-state index < -0.39 is 11.4 Å². The van der Waals surface area contributed by atoms with Gasteiger partial charge in [0.15, 0.2) is 0 Å². The summed E-state index contributed by atoms with van der Waals surface area (Å²) in [7, 11) is 0. The highest BCUT2D eigenvalue weighted by atomic mass is 32.2. The van der Waals surface area contributed by atoms with E-state index in [9.17, 15) is 0 Å². The van der Waals surface area contributed by atoms with Gasteiger partial charge in [-0.3, -0.25) is 9.11 Å². The van der Waals surface area contributed by atoms with Crippen LogP contribution in [0.15, 0.2) is 0 Å². The lowest BCUT2D eigenvalue weighted by Gasteiger charge is -1.99. The molecular weight excluding hydrogens is 224 g/mol. The van der Waals surface area contributed by atoms with Crippen LogP contribution in [0, 0.1) is 0 Å². The first-order chi connectivity index (χ1) is 7.65. The first-order valence-corrected chi connectivity index (χ1v) is 7.51. The van der Waals surface area contributed by atoms with Gasteiger partial charge in [0.1, 0.15) is 0 Å². The van der Waals surface area contributed by atoms with Gasteiger partial charge in [-0.15, -0.1) is 0 Å². The van der Waals surface area contributed by atoms with E-state index in [0.717, 1.165) is 0 Å². The molecule has 3 nitrogen and oxygen atoms in total. The van der Waals surface area contributed by atoms with Crippen molar-refractivity contribution in [3.8, 4) is 0 Å². The third-order valence-corrected chi connectivity index (χ3v) is 2.46. The average Bonchev–Trinajstić information content (AvgIpc) is 2.21. The van der Waals surface area contributed by atoms with E-state index in [1.54, 1.807) is 0 Å². The summed E-state index contributed by atoms with van der Waals surface area (Å²) < 4.78 is 22.8. The lowest BCUT2D eigenvalue weighted by molar-refractivity contribution is 0.454. The minimum Gasteiger partial charge on any atom is -0.284 e. The van der Waals surface area contributed by atoms with Gasteiger partial charge in [-0.2, -0.15) is 4.21 Å². The second kappa shape index (κ2) is 17.5. The fourth-order valence-corrected chi connectivity index (χ4v) is 1.56. The molecule has 0 saturated carbocycles. The summed E-state index contributed by atoms with van der Waals surface area (Å²) in [4.78, 5) is 0. The predicted molar refractivity (Wildman–Crippen MR) is 70.9 cm³/mol. The van der Waals surface area contributed by atoms with Crippen LogP contribution in [0.5, 0.6) is 0 Å². The van der Waals surface area contributed by atoms with E-state index in [1.807, 2.05) is 0 Å². The molecule has 0 saturated heterocycles. The standard InChI is InChI=1S/C12H26.H2O3S/c1-3-5-7-9-11-12-10-8-6-4-2;1-4(2)3/h3-12H2,1-2H3;(H2,1,2,3). The highest BCUT2D eigenvalue weighted by Gasteiger charge is 1.90. The fraction of sp³-hybridized carbons (Fsp3) is 1.00. The van der Waals surface area contributed by atoms with Crippen LogP contribution in [0.25, 0.3) is 0 Å². The van der Waals surface area contributed by atoms with Gasteiger partial charge in [-0.1, -0.05) is 78.1 Å². The van der Waals surface area contributed by atoms with Crippen LogP contribution < -0.4 is 0 Å². The lowest BCUT2D eigenvalue weighted by atomic mass is 10.1. The monoisotopic (exact) mass is 252 g/mol. The van der Waals surface area contributed by atoms with E-state index in [4.69, 9.17) is 13.3 Å². The quantitative estimate of drug-likeness (QED) is 0.465. The Balaban J connectivity index is 0. The van der Waals surface area contributed by atoms with Crippen molar-refractivity contribution < 1.29 is 13.3 Å². The Kier molecular flexibility index (Phi) is 20.1. The van der Waals surface area contributed by atoms with Crippen LogP contribution in [0.4, 0.5) is 0 Å². The zero-order valence-electron chi connectivity index (χ0n) is 10.8. The largest absolute Gasteiger partial charge is 0.299 e. The zero-order valence-corrected chi connectivity index (χ0v) is 11.6. The van der Waals surface area contributed by atoms with Gasteiger partial charge < -0.3 is 0 Å². The molecule has 0 aromatic heterocycles. The van der Waals surface area contributed by atoms with Crippen LogP contribution in [0.2, 0.25) is 0 Å². The first kappa shape index (κ1) is 18.4. The summed E-state index contributed by atoms with van der Waals surface area (Å²) in [6.07, 6.45) is 14.4. The Morgan fingerprint density at radius 2 is 0.875 bits per heavy atom. The van der Waals surface area contributed by atoms with E-state index in [1.165, 1.54) is 64.2 Å². The number of hydrogen-bond acceptors (Lipinski definition) is 1. The lowest BCUT2D eigenvalue weighted by Crippen LogP contribution is -1.80. The molecule has 4 heteroatoms. The molecule has 100 valence electrons. The molecule has 2 N–H and O–H groups in total. The van der Waals surface area contributed by atoms with E-state index >= 15 is 0 Å². The molecule has 0 radical (unpaired) electrons. The molecule has 16 heavy (non-hydrogen) atoms. The minimum absolute atomic E-state index is 1.37. The summed E-state index contributed by atoms with van der Waals surface area (Å²) in [5.41, 5.74) is 0. The summed E-state index contributed by atoms with van der Waals surface area (Å²) in [6.45, 7) is 4.56. The predicted octanol–water partition coefficient (Wildman–Crippen LogP) is 4.61. The molecule has 0 aliphatic heterocycles. The van der Waals surface area contributed by atoms with Gasteiger partial charge in [0.25, 0.3) is 11.4 Å². The molecule has 0 spiro atoms. The van der Waals surface area contributed by atoms with Gasteiger partial charge in [0.05, 0.1) is 0 Å². The molecule has 0 unspecified atom stereocenters. The minimum atomic E-state index is -2.61. The zero-order chi connectivity index (χ0) is 12.6. The fourth-order valence-electron chi connectivity index (χ4n) is 1.56. The molecule has 0 bridgehead atoms. The van der Waals surface area contributed by atoms with Gasteiger partial charge in [0.2, 0.25) is 0 Å². The highest BCUT2D eigenvalue weighted by Crippen LogP contribution is 2.09. The summed E-state index contributed by atoms with van der Waals surface area (Å²) >= 11 is -2.61. The summed E-state index contributed by atoms with van der Waals surface area (Å²) in [6, 6.07) is 0. The van der Waals surface area contributed by atoms with E-state index in [-0.39, 0.29) is 0 Å². The smallest absolute Gasteiger partial charge is 0.284 e. The Bertz CT molecular complexity index is 126. The first-order valence-electron chi connectivity index (χ1n) is 6.45. The number of hydrogen-bond donors (Lipinski definition) is 2. The maximum absolute atomic E-state index is 8.67. The van der Waals surface area contributed by atoms with Crippen molar-refractivity contribution in [2.45, 2.75) is 78.1 Å². The van der Waals surface area contributed by atoms with Crippen LogP contribution in [0.1, 0.15) is 78.1 Å². The summed E-state index contributed by atoms with van der Waals surface area (Å²) in [5, 5.41) is 0. The van der Waals surface area contributed by atoms with Crippen molar-refractivity contribution in [1.82, 2.24) is 0 Å². The second-order valence-electron chi connectivity index (χ2n) is 4.06. The molecule has 0 atom stereocenters. The highest BCUT2D eigenvalue weighted by molar-refractivity contribution is 7.73. The van der Waals surface area contributed by atoms with E-state index in [0.29, 0.717) is 0 Å². The Hall–Kier alpha value is 0.0700. The third-order valence-electron chi connectivity index (χ3n) is 2.46. The Labute approximate surface area is 103 Å². The van der Waals surface area contributed by atoms with Gasteiger partial charge in [-0.05, 0) is 0 Å². The van der Waals surface area contributed by atoms with Gasteiger partial charge in [-0.25, -0.2) is 0 Å².